The fourth-order valence-electron chi connectivity index (χ4n) is 2.70. The molecule has 5 nitrogen and oxygen atoms in total. The van der Waals surface area contributed by atoms with Crippen molar-refractivity contribution in [2.24, 2.45) is 10.8 Å². The molecule has 2 N–H and O–H groups in total. The second kappa shape index (κ2) is 6.18. The molecule has 0 bridgehead atoms. The molecule has 0 radical (unpaired) electrons. The first-order valence-corrected chi connectivity index (χ1v) is 7.41. The minimum absolute atomic E-state index is 0.0266. The third-order valence-electron chi connectivity index (χ3n) is 4.57. The van der Waals surface area contributed by atoms with Gasteiger partial charge in [0.15, 0.2) is 6.10 Å². The lowest BCUT2D eigenvalue weighted by molar-refractivity contribution is -0.142. The Morgan fingerprint density at radius 3 is 2.14 bits per heavy atom. The van der Waals surface area contributed by atoms with Crippen LogP contribution in [-0.2, 0) is 14.3 Å². The fourth-order valence-corrected chi connectivity index (χ4v) is 2.70. The van der Waals surface area contributed by atoms with Crippen molar-refractivity contribution in [1.29, 1.82) is 0 Å². The van der Waals surface area contributed by atoms with E-state index in [1.165, 1.54) is 0 Å². The number of esters is 1. The van der Waals surface area contributed by atoms with Gasteiger partial charge in [-0.15, -0.1) is 0 Å². The SMILES string of the molecule is CCC(C)(C)CC(C)(CC)C(O)=C1C(=O)OC(CO)C1=O. The first-order chi connectivity index (χ1) is 9.61. The predicted octanol–water partition coefficient (Wildman–Crippen LogP) is 2.53. The van der Waals surface area contributed by atoms with Crippen LogP contribution in [0.4, 0.5) is 0 Å². The summed E-state index contributed by atoms with van der Waals surface area (Å²) >= 11 is 0. The highest BCUT2D eigenvalue weighted by Crippen LogP contribution is 2.44. The Balaban J connectivity index is 3.24. The normalized spacial score (nSPS) is 24.8. The van der Waals surface area contributed by atoms with E-state index in [-0.39, 0.29) is 16.7 Å². The summed E-state index contributed by atoms with van der Waals surface area (Å²) in [4.78, 5) is 23.9. The van der Waals surface area contributed by atoms with E-state index in [9.17, 15) is 14.7 Å². The van der Waals surface area contributed by atoms with Crippen LogP contribution in [0.25, 0.3) is 0 Å². The summed E-state index contributed by atoms with van der Waals surface area (Å²) in [5.41, 5.74) is -1.000. The van der Waals surface area contributed by atoms with Gasteiger partial charge < -0.3 is 14.9 Å². The van der Waals surface area contributed by atoms with Gasteiger partial charge in [-0.1, -0.05) is 41.0 Å². The lowest BCUT2D eigenvalue weighted by Gasteiger charge is -2.36. The van der Waals surface area contributed by atoms with Crippen LogP contribution in [0.15, 0.2) is 11.3 Å². The maximum Gasteiger partial charge on any atom is 0.346 e. The van der Waals surface area contributed by atoms with E-state index in [1.807, 2.05) is 13.8 Å². The molecule has 0 aromatic rings. The average Bonchev–Trinajstić information content (AvgIpc) is 2.71. The number of aliphatic hydroxyl groups is 2. The summed E-state index contributed by atoms with van der Waals surface area (Å²) in [7, 11) is 0. The predicted molar refractivity (Wildman–Crippen MR) is 78.7 cm³/mol. The van der Waals surface area contributed by atoms with Crippen LogP contribution in [0, 0.1) is 10.8 Å². The third kappa shape index (κ3) is 3.46. The molecule has 0 amide bonds. The largest absolute Gasteiger partial charge is 0.511 e. The molecule has 0 aromatic carbocycles. The molecular formula is C16H26O5. The van der Waals surface area contributed by atoms with Crippen molar-refractivity contribution >= 4 is 11.8 Å². The van der Waals surface area contributed by atoms with Crippen molar-refractivity contribution in [3.63, 3.8) is 0 Å². The van der Waals surface area contributed by atoms with Gasteiger partial charge >= 0.3 is 5.97 Å². The highest BCUT2D eigenvalue weighted by molar-refractivity contribution is 6.23. The summed E-state index contributed by atoms with van der Waals surface area (Å²) in [6, 6.07) is 0. The number of carbonyl (C=O) groups is 2. The Hall–Kier alpha value is -1.36. The average molecular weight is 298 g/mol. The Morgan fingerprint density at radius 1 is 1.19 bits per heavy atom. The Kier molecular flexibility index (Phi) is 5.20. The van der Waals surface area contributed by atoms with Crippen LogP contribution >= 0.6 is 0 Å². The second-order valence-corrected chi connectivity index (χ2v) is 6.77. The van der Waals surface area contributed by atoms with Crippen LogP contribution in [0.5, 0.6) is 0 Å². The minimum Gasteiger partial charge on any atom is -0.511 e. The van der Waals surface area contributed by atoms with Gasteiger partial charge in [-0.2, -0.15) is 0 Å². The molecule has 1 rings (SSSR count). The van der Waals surface area contributed by atoms with Gasteiger partial charge in [0.25, 0.3) is 0 Å². The zero-order valence-electron chi connectivity index (χ0n) is 13.5. The molecule has 1 aliphatic heterocycles. The third-order valence-corrected chi connectivity index (χ3v) is 4.57. The molecule has 0 spiro atoms. The maximum atomic E-state index is 12.1. The van der Waals surface area contributed by atoms with Gasteiger partial charge in [0, 0.05) is 5.41 Å². The van der Waals surface area contributed by atoms with Crippen molar-refractivity contribution in [3.8, 4) is 0 Å². The van der Waals surface area contributed by atoms with Crippen LogP contribution in [-0.4, -0.2) is 34.7 Å². The number of ether oxygens (including phenoxy) is 1. The second-order valence-electron chi connectivity index (χ2n) is 6.77. The van der Waals surface area contributed by atoms with Gasteiger partial charge in [0.2, 0.25) is 5.78 Å². The highest BCUT2D eigenvalue weighted by atomic mass is 16.6. The lowest BCUT2D eigenvalue weighted by Crippen LogP contribution is -2.30. The lowest BCUT2D eigenvalue weighted by atomic mass is 9.69. The Morgan fingerprint density at radius 2 is 1.76 bits per heavy atom. The van der Waals surface area contributed by atoms with Gasteiger partial charge in [0.1, 0.15) is 11.3 Å². The smallest absolute Gasteiger partial charge is 0.346 e. The van der Waals surface area contributed by atoms with Gasteiger partial charge in [-0.3, -0.25) is 4.79 Å². The molecule has 21 heavy (non-hydrogen) atoms. The first kappa shape index (κ1) is 17.7. The molecule has 0 aliphatic carbocycles. The number of hydrogen-bond donors (Lipinski definition) is 2. The van der Waals surface area contributed by atoms with E-state index < -0.39 is 29.9 Å². The van der Waals surface area contributed by atoms with Gasteiger partial charge in [0.05, 0.1) is 6.61 Å². The molecular weight excluding hydrogens is 272 g/mol. The number of hydrogen-bond acceptors (Lipinski definition) is 5. The van der Waals surface area contributed by atoms with Gasteiger partial charge in [-0.25, -0.2) is 4.79 Å². The molecule has 1 saturated heterocycles. The van der Waals surface area contributed by atoms with Crippen molar-refractivity contribution in [2.75, 3.05) is 6.61 Å². The maximum absolute atomic E-state index is 12.1. The van der Waals surface area contributed by atoms with Crippen LogP contribution < -0.4 is 0 Å². The number of allylic oxidation sites excluding steroid dienone is 1. The Labute approximate surface area is 126 Å². The first-order valence-electron chi connectivity index (χ1n) is 7.41. The van der Waals surface area contributed by atoms with Crippen molar-refractivity contribution in [3.05, 3.63) is 11.3 Å². The topological polar surface area (TPSA) is 83.8 Å². The van der Waals surface area contributed by atoms with Crippen LogP contribution in [0.1, 0.15) is 53.9 Å². The standard InChI is InChI=1S/C16H26O5/c1-6-15(3,4)9-16(5,7-2)13(19)11-12(18)10(8-17)21-14(11)20/h10,17,19H,6-9H2,1-5H3. The molecule has 1 aliphatic rings. The number of aliphatic hydroxyl groups excluding tert-OH is 2. The molecule has 2 atom stereocenters. The van der Waals surface area contributed by atoms with Gasteiger partial charge in [-0.05, 0) is 18.3 Å². The molecule has 2 unspecified atom stereocenters. The zero-order chi connectivity index (χ0) is 16.4. The quantitative estimate of drug-likeness (QED) is 0.341. The van der Waals surface area contributed by atoms with E-state index in [0.717, 1.165) is 6.42 Å². The number of Topliss-reactive ketones (excluding diaryl/α,β-unsaturated/α-hetero) is 1. The van der Waals surface area contributed by atoms with E-state index in [0.29, 0.717) is 12.8 Å². The molecule has 1 heterocycles. The molecule has 0 aromatic heterocycles. The molecule has 120 valence electrons. The molecule has 1 fully saturated rings. The summed E-state index contributed by atoms with van der Waals surface area (Å²) in [5, 5.41) is 19.6. The number of rotatable bonds is 6. The van der Waals surface area contributed by atoms with Crippen molar-refractivity contribution in [2.45, 2.75) is 60.0 Å². The summed E-state index contributed by atoms with van der Waals surface area (Å²) < 4.78 is 4.80. The van der Waals surface area contributed by atoms with Crippen molar-refractivity contribution in [1.82, 2.24) is 0 Å². The highest BCUT2D eigenvalue weighted by Gasteiger charge is 2.45. The van der Waals surface area contributed by atoms with Crippen molar-refractivity contribution < 1.29 is 24.5 Å². The fraction of sp³-hybridized carbons (Fsp3) is 0.750. The van der Waals surface area contributed by atoms with E-state index >= 15 is 0 Å². The summed E-state index contributed by atoms with van der Waals surface area (Å²) in [6.45, 7) is 9.44. The molecule has 0 saturated carbocycles. The van der Waals surface area contributed by atoms with E-state index in [1.54, 1.807) is 0 Å². The number of cyclic esters (lactones) is 1. The number of ketones is 1. The zero-order valence-corrected chi connectivity index (χ0v) is 13.5. The van der Waals surface area contributed by atoms with Crippen LogP contribution in [0.2, 0.25) is 0 Å². The minimum atomic E-state index is -1.19. The molecule has 5 heteroatoms. The van der Waals surface area contributed by atoms with E-state index in [2.05, 4.69) is 20.8 Å². The number of carbonyl (C=O) groups excluding carboxylic acids is 2. The van der Waals surface area contributed by atoms with E-state index in [4.69, 9.17) is 9.84 Å². The monoisotopic (exact) mass is 298 g/mol. The Bertz CT molecular complexity index is 463. The van der Waals surface area contributed by atoms with Crippen LogP contribution in [0.3, 0.4) is 0 Å². The summed E-state index contributed by atoms with van der Waals surface area (Å²) in [6.07, 6.45) is 0.973. The summed E-state index contributed by atoms with van der Waals surface area (Å²) in [5.74, 6) is -1.68.